The SMILES string of the molecule is COc1ccc2c([N+](=O)[O-])c(C)n(-c3ccc(O)cc3)c2c1CN(C)C. The summed E-state index contributed by atoms with van der Waals surface area (Å²) in [6.07, 6.45) is 0. The monoisotopic (exact) mass is 355 g/mol. The van der Waals surface area contributed by atoms with Crippen molar-refractivity contribution >= 4 is 16.6 Å². The normalized spacial score (nSPS) is 11.3. The van der Waals surface area contributed by atoms with Gasteiger partial charge in [-0.25, -0.2) is 0 Å². The maximum atomic E-state index is 11.7. The molecule has 2 aromatic carbocycles. The molecule has 26 heavy (non-hydrogen) atoms. The number of methoxy groups -OCH3 is 1. The first kappa shape index (κ1) is 17.8. The van der Waals surface area contributed by atoms with E-state index in [0.29, 0.717) is 23.4 Å². The molecule has 0 aliphatic heterocycles. The number of nitro groups is 1. The van der Waals surface area contributed by atoms with Crippen molar-refractivity contribution in [3.63, 3.8) is 0 Å². The lowest BCUT2D eigenvalue weighted by Gasteiger charge is -2.17. The zero-order valence-electron chi connectivity index (χ0n) is 15.2. The summed E-state index contributed by atoms with van der Waals surface area (Å²) < 4.78 is 7.38. The summed E-state index contributed by atoms with van der Waals surface area (Å²) in [6.45, 7) is 2.30. The molecule has 7 heteroatoms. The Bertz CT molecular complexity index is 975. The Morgan fingerprint density at radius 1 is 1.19 bits per heavy atom. The van der Waals surface area contributed by atoms with Crippen LogP contribution in [0.2, 0.25) is 0 Å². The van der Waals surface area contributed by atoms with Crippen LogP contribution in [0.5, 0.6) is 11.5 Å². The number of aromatic nitrogens is 1. The average molecular weight is 355 g/mol. The number of fused-ring (bicyclic) bond motifs is 1. The molecule has 0 spiro atoms. The molecule has 0 atom stereocenters. The Hall–Kier alpha value is -3.06. The Morgan fingerprint density at radius 2 is 1.85 bits per heavy atom. The van der Waals surface area contributed by atoms with Crippen LogP contribution in [0.1, 0.15) is 11.3 Å². The van der Waals surface area contributed by atoms with Gasteiger partial charge in [-0.2, -0.15) is 0 Å². The predicted molar refractivity (Wildman–Crippen MR) is 100 cm³/mol. The fraction of sp³-hybridized carbons (Fsp3) is 0.263. The molecule has 0 aliphatic carbocycles. The number of nitrogens with zero attached hydrogens (tertiary/aromatic N) is 3. The summed E-state index contributed by atoms with van der Waals surface area (Å²) in [4.78, 5) is 13.4. The van der Waals surface area contributed by atoms with Crippen molar-refractivity contribution in [2.24, 2.45) is 0 Å². The van der Waals surface area contributed by atoms with Gasteiger partial charge in [0.15, 0.2) is 0 Å². The van der Waals surface area contributed by atoms with E-state index in [4.69, 9.17) is 4.74 Å². The van der Waals surface area contributed by atoms with E-state index < -0.39 is 0 Å². The molecule has 7 nitrogen and oxygen atoms in total. The Morgan fingerprint density at radius 3 is 2.38 bits per heavy atom. The number of ether oxygens (including phenoxy) is 1. The second kappa shape index (κ2) is 6.68. The molecular weight excluding hydrogens is 334 g/mol. The number of hydrogen-bond acceptors (Lipinski definition) is 5. The van der Waals surface area contributed by atoms with Crippen LogP contribution in [0.4, 0.5) is 5.69 Å². The maximum absolute atomic E-state index is 11.7. The van der Waals surface area contributed by atoms with E-state index in [9.17, 15) is 15.2 Å². The van der Waals surface area contributed by atoms with Crippen LogP contribution in [0.15, 0.2) is 36.4 Å². The number of rotatable bonds is 5. The van der Waals surface area contributed by atoms with Crippen molar-refractivity contribution in [1.82, 2.24) is 9.47 Å². The van der Waals surface area contributed by atoms with E-state index in [1.165, 1.54) is 0 Å². The molecule has 0 amide bonds. The zero-order chi connectivity index (χ0) is 19.0. The smallest absolute Gasteiger partial charge is 0.298 e. The van der Waals surface area contributed by atoms with Crippen molar-refractivity contribution in [3.05, 3.63) is 57.8 Å². The molecule has 0 radical (unpaired) electrons. The fourth-order valence-electron chi connectivity index (χ4n) is 3.35. The van der Waals surface area contributed by atoms with Gasteiger partial charge in [-0.15, -0.1) is 0 Å². The number of phenols is 1. The van der Waals surface area contributed by atoms with Gasteiger partial charge in [0.1, 0.15) is 11.5 Å². The summed E-state index contributed by atoms with van der Waals surface area (Å²) >= 11 is 0. The van der Waals surface area contributed by atoms with Crippen molar-refractivity contribution in [2.45, 2.75) is 13.5 Å². The summed E-state index contributed by atoms with van der Waals surface area (Å²) in [5.74, 6) is 0.821. The highest BCUT2D eigenvalue weighted by atomic mass is 16.6. The van der Waals surface area contributed by atoms with Gasteiger partial charge in [-0.3, -0.25) is 10.1 Å². The molecule has 0 fully saturated rings. The molecule has 0 saturated carbocycles. The van der Waals surface area contributed by atoms with Crippen LogP contribution in [0, 0.1) is 17.0 Å². The van der Waals surface area contributed by atoms with Gasteiger partial charge in [0, 0.05) is 17.8 Å². The second-order valence-corrected chi connectivity index (χ2v) is 6.42. The van der Waals surface area contributed by atoms with E-state index >= 15 is 0 Å². The van der Waals surface area contributed by atoms with Gasteiger partial charge in [-0.05, 0) is 57.4 Å². The lowest BCUT2D eigenvalue weighted by Crippen LogP contribution is -2.13. The third-order valence-corrected chi connectivity index (χ3v) is 4.38. The number of phenolic OH excluding ortho intramolecular Hbond substituents is 1. The van der Waals surface area contributed by atoms with E-state index in [-0.39, 0.29) is 16.4 Å². The zero-order valence-corrected chi connectivity index (χ0v) is 15.2. The first-order valence-corrected chi connectivity index (χ1v) is 8.14. The van der Waals surface area contributed by atoms with Crippen LogP contribution < -0.4 is 4.74 Å². The highest BCUT2D eigenvalue weighted by Gasteiger charge is 2.27. The average Bonchev–Trinajstić information content (AvgIpc) is 2.88. The third-order valence-electron chi connectivity index (χ3n) is 4.38. The minimum atomic E-state index is -0.347. The first-order valence-electron chi connectivity index (χ1n) is 8.14. The van der Waals surface area contributed by atoms with Gasteiger partial charge >= 0.3 is 0 Å². The lowest BCUT2D eigenvalue weighted by molar-refractivity contribution is -0.383. The van der Waals surface area contributed by atoms with Crippen molar-refractivity contribution in [2.75, 3.05) is 21.2 Å². The molecule has 3 aromatic rings. The summed E-state index contributed by atoms with van der Waals surface area (Å²) in [6, 6.07) is 10.1. The molecule has 136 valence electrons. The standard InChI is InChI=1S/C19H21N3O4/c1-12-18(22(24)25)15-9-10-17(26-4)16(11-20(2)3)19(15)21(12)13-5-7-14(23)8-6-13/h5-10,23H,11H2,1-4H3. The second-order valence-electron chi connectivity index (χ2n) is 6.42. The van der Waals surface area contributed by atoms with Gasteiger partial charge in [0.05, 0.1) is 28.6 Å². The quantitative estimate of drug-likeness (QED) is 0.558. The van der Waals surface area contributed by atoms with Crippen molar-refractivity contribution in [1.29, 1.82) is 0 Å². The largest absolute Gasteiger partial charge is 0.508 e. The highest BCUT2D eigenvalue weighted by molar-refractivity contribution is 5.96. The fourth-order valence-corrected chi connectivity index (χ4v) is 3.35. The van der Waals surface area contributed by atoms with E-state index in [1.807, 2.05) is 23.6 Å². The molecule has 0 bridgehead atoms. The minimum absolute atomic E-state index is 0.0794. The van der Waals surface area contributed by atoms with Crippen molar-refractivity contribution < 1.29 is 14.8 Å². The van der Waals surface area contributed by atoms with Gasteiger partial charge in [0.2, 0.25) is 0 Å². The van der Waals surface area contributed by atoms with E-state index in [1.54, 1.807) is 50.4 Å². The topological polar surface area (TPSA) is 80.8 Å². The molecule has 1 heterocycles. The minimum Gasteiger partial charge on any atom is -0.508 e. The van der Waals surface area contributed by atoms with Crippen LogP contribution in [0.3, 0.4) is 0 Å². The number of benzene rings is 2. The van der Waals surface area contributed by atoms with Crippen LogP contribution in [-0.4, -0.2) is 40.7 Å². The van der Waals surface area contributed by atoms with Crippen LogP contribution in [0.25, 0.3) is 16.6 Å². The molecular formula is C19H21N3O4. The molecule has 3 rings (SSSR count). The molecule has 0 aliphatic rings. The molecule has 1 aromatic heterocycles. The van der Waals surface area contributed by atoms with Gasteiger partial charge in [-0.1, -0.05) is 0 Å². The van der Waals surface area contributed by atoms with E-state index in [0.717, 1.165) is 16.8 Å². The Labute approximate surface area is 151 Å². The van der Waals surface area contributed by atoms with Crippen LogP contribution in [-0.2, 0) is 6.54 Å². The summed E-state index contributed by atoms with van der Waals surface area (Å²) in [5.41, 5.74) is 2.97. The van der Waals surface area contributed by atoms with Gasteiger partial charge in [0.25, 0.3) is 5.69 Å². The Balaban J connectivity index is 2.46. The summed E-state index contributed by atoms with van der Waals surface area (Å²) in [5, 5.41) is 21.9. The predicted octanol–water partition coefficient (Wildman–Crippen LogP) is 3.62. The highest BCUT2D eigenvalue weighted by Crippen LogP contribution is 2.40. The van der Waals surface area contributed by atoms with E-state index in [2.05, 4.69) is 0 Å². The lowest BCUT2D eigenvalue weighted by atomic mass is 10.1. The Kier molecular flexibility index (Phi) is 4.56. The number of hydrogen-bond donors (Lipinski definition) is 1. The van der Waals surface area contributed by atoms with Gasteiger partial charge < -0.3 is 19.3 Å². The molecule has 0 saturated heterocycles. The maximum Gasteiger partial charge on any atom is 0.298 e. The number of aromatic hydroxyl groups is 1. The third kappa shape index (κ3) is 2.86. The van der Waals surface area contributed by atoms with Crippen molar-refractivity contribution in [3.8, 4) is 17.2 Å². The molecule has 1 N–H and O–H groups in total. The summed E-state index contributed by atoms with van der Waals surface area (Å²) in [7, 11) is 5.47. The van der Waals surface area contributed by atoms with Crippen LogP contribution >= 0.6 is 0 Å². The molecule has 0 unspecified atom stereocenters. The first-order chi connectivity index (χ1) is 12.3.